The molecule has 0 fully saturated rings. The quantitative estimate of drug-likeness (QED) is 0.774. The second kappa shape index (κ2) is 7.68. The van der Waals surface area contributed by atoms with Crippen LogP contribution in [0.3, 0.4) is 0 Å². The summed E-state index contributed by atoms with van der Waals surface area (Å²) in [6.07, 6.45) is 0.671. The van der Waals surface area contributed by atoms with Crippen LogP contribution in [0.4, 0.5) is 0 Å². The summed E-state index contributed by atoms with van der Waals surface area (Å²) in [5, 5.41) is 8.16. The van der Waals surface area contributed by atoms with Gasteiger partial charge in [-0.25, -0.2) is 0 Å². The van der Waals surface area contributed by atoms with E-state index in [2.05, 4.69) is 10.6 Å². The summed E-state index contributed by atoms with van der Waals surface area (Å²) in [7, 11) is 0. The van der Waals surface area contributed by atoms with Crippen LogP contribution in [0.2, 0.25) is 5.02 Å². The third-order valence-electron chi connectivity index (χ3n) is 3.67. The van der Waals surface area contributed by atoms with Crippen LogP contribution >= 0.6 is 22.9 Å². The van der Waals surface area contributed by atoms with Crippen LogP contribution in [0, 0.1) is 0 Å². The Balaban J connectivity index is 1.36. The lowest BCUT2D eigenvalue weighted by Gasteiger charge is -2.11. The maximum Gasteiger partial charge on any atom is 0.261 e. The molecule has 2 N–H and O–H groups in total. The number of benzene rings is 1. The largest absolute Gasteiger partial charge is 0.480 e. The van der Waals surface area contributed by atoms with E-state index >= 15 is 0 Å². The van der Waals surface area contributed by atoms with E-state index in [9.17, 15) is 9.59 Å². The van der Waals surface area contributed by atoms with Gasteiger partial charge in [0.2, 0.25) is 0 Å². The number of carbonyl (C=O) groups is 2. The molecule has 2 heterocycles. The molecule has 5 nitrogen and oxygen atoms in total. The Hall–Kier alpha value is -2.05. The predicted octanol–water partition coefficient (Wildman–Crippen LogP) is 2.64. The fraction of sp³-hybridized carbons (Fsp3) is 0.294. The molecular formula is C17H17ClN2O3S. The highest BCUT2D eigenvalue weighted by Gasteiger charge is 2.28. The molecule has 1 aromatic carbocycles. The molecule has 0 saturated carbocycles. The SMILES string of the molecule is O=C(NCCCNC(=O)[C@@H]1Cc2cc(Cl)ccc2O1)c1cccs1. The molecule has 0 aliphatic carbocycles. The lowest BCUT2D eigenvalue weighted by molar-refractivity contribution is -0.127. The Morgan fingerprint density at radius 3 is 2.88 bits per heavy atom. The fourth-order valence-corrected chi connectivity index (χ4v) is 3.31. The van der Waals surface area contributed by atoms with E-state index in [0.717, 1.165) is 5.56 Å². The van der Waals surface area contributed by atoms with Crippen LogP contribution in [0.5, 0.6) is 5.75 Å². The van der Waals surface area contributed by atoms with Gasteiger partial charge in [0, 0.05) is 24.5 Å². The average Bonchev–Trinajstić information content (AvgIpc) is 3.23. The molecule has 0 bridgehead atoms. The summed E-state index contributed by atoms with van der Waals surface area (Å²) < 4.78 is 5.63. The highest BCUT2D eigenvalue weighted by Crippen LogP contribution is 2.31. The Labute approximate surface area is 149 Å². The number of carbonyl (C=O) groups excluding carboxylic acids is 2. The topological polar surface area (TPSA) is 67.4 Å². The zero-order valence-electron chi connectivity index (χ0n) is 12.9. The van der Waals surface area contributed by atoms with E-state index in [-0.39, 0.29) is 11.8 Å². The maximum atomic E-state index is 12.1. The van der Waals surface area contributed by atoms with Crippen molar-refractivity contribution in [2.75, 3.05) is 13.1 Å². The number of amides is 2. The molecule has 1 aromatic heterocycles. The van der Waals surface area contributed by atoms with Crippen molar-refractivity contribution in [3.63, 3.8) is 0 Å². The monoisotopic (exact) mass is 364 g/mol. The molecule has 0 saturated heterocycles. The van der Waals surface area contributed by atoms with Gasteiger partial charge in [-0.2, -0.15) is 0 Å². The molecule has 7 heteroatoms. The highest BCUT2D eigenvalue weighted by atomic mass is 35.5. The van der Waals surface area contributed by atoms with E-state index < -0.39 is 6.10 Å². The van der Waals surface area contributed by atoms with E-state index in [4.69, 9.17) is 16.3 Å². The van der Waals surface area contributed by atoms with Crippen LogP contribution in [0.25, 0.3) is 0 Å². The number of ether oxygens (including phenoxy) is 1. The standard InChI is InChI=1S/C17H17ClN2O3S/c18-12-4-5-13-11(9-12)10-14(23-13)16(21)19-6-2-7-20-17(22)15-3-1-8-24-15/h1,3-5,8-9,14H,2,6-7,10H2,(H,19,21)(H,20,22)/t14-/m0/s1. The molecule has 24 heavy (non-hydrogen) atoms. The summed E-state index contributed by atoms with van der Waals surface area (Å²) in [5.41, 5.74) is 0.950. The van der Waals surface area contributed by atoms with Crippen molar-refractivity contribution in [3.05, 3.63) is 51.2 Å². The molecule has 2 aromatic rings. The number of nitrogens with one attached hydrogen (secondary N) is 2. The molecule has 0 unspecified atom stereocenters. The molecule has 1 atom stereocenters. The van der Waals surface area contributed by atoms with Crippen LogP contribution in [-0.4, -0.2) is 31.0 Å². The van der Waals surface area contributed by atoms with Gasteiger partial charge in [-0.3, -0.25) is 9.59 Å². The van der Waals surface area contributed by atoms with Crippen molar-refractivity contribution >= 4 is 34.8 Å². The minimum Gasteiger partial charge on any atom is -0.480 e. The smallest absolute Gasteiger partial charge is 0.261 e. The van der Waals surface area contributed by atoms with E-state index in [1.54, 1.807) is 18.2 Å². The molecule has 1 aliphatic heterocycles. The molecule has 2 amide bonds. The zero-order valence-corrected chi connectivity index (χ0v) is 14.5. The van der Waals surface area contributed by atoms with Crippen molar-refractivity contribution in [1.29, 1.82) is 0 Å². The Morgan fingerprint density at radius 1 is 1.25 bits per heavy atom. The van der Waals surface area contributed by atoms with Crippen molar-refractivity contribution in [2.24, 2.45) is 0 Å². The van der Waals surface area contributed by atoms with Gasteiger partial charge in [0.1, 0.15) is 5.75 Å². The normalized spacial score (nSPS) is 15.5. The summed E-state index contributed by atoms with van der Waals surface area (Å²) in [6.45, 7) is 0.999. The highest BCUT2D eigenvalue weighted by molar-refractivity contribution is 7.12. The van der Waals surface area contributed by atoms with Crippen molar-refractivity contribution in [1.82, 2.24) is 10.6 Å². The molecule has 1 aliphatic rings. The van der Waals surface area contributed by atoms with Gasteiger partial charge in [-0.15, -0.1) is 11.3 Å². The van der Waals surface area contributed by atoms with Crippen molar-refractivity contribution < 1.29 is 14.3 Å². The summed E-state index contributed by atoms with van der Waals surface area (Å²) >= 11 is 7.35. The van der Waals surface area contributed by atoms with Crippen molar-refractivity contribution in [3.8, 4) is 5.75 Å². The number of thiophene rings is 1. The number of hydrogen-bond donors (Lipinski definition) is 2. The first kappa shape index (κ1) is 16.8. The Bertz CT molecular complexity index is 733. The van der Waals surface area contributed by atoms with Gasteiger partial charge in [-0.05, 0) is 41.6 Å². The second-order valence-corrected chi connectivity index (χ2v) is 6.82. The first-order valence-electron chi connectivity index (χ1n) is 7.68. The lowest BCUT2D eigenvalue weighted by Crippen LogP contribution is -2.38. The van der Waals surface area contributed by atoms with E-state index in [1.807, 2.05) is 17.5 Å². The molecule has 0 radical (unpaired) electrons. The van der Waals surface area contributed by atoms with Gasteiger partial charge in [0.15, 0.2) is 6.10 Å². The second-order valence-electron chi connectivity index (χ2n) is 5.44. The third-order valence-corrected chi connectivity index (χ3v) is 4.78. The van der Waals surface area contributed by atoms with Crippen LogP contribution in [-0.2, 0) is 11.2 Å². The predicted molar refractivity (Wildman–Crippen MR) is 93.9 cm³/mol. The van der Waals surface area contributed by atoms with E-state index in [1.165, 1.54) is 11.3 Å². The summed E-state index contributed by atoms with van der Waals surface area (Å²) in [6, 6.07) is 8.97. The maximum absolute atomic E-state index is 12.1. The average molecular weight is 365 g/mol. The van der Waals surface area contributed by atoms with Crippen LogP contribution in [0.1, 0.15) is 21.7 Å². The van der Waals surface area contributed by atoms with Crippen molar-refractivity contribution in [2.45, 2.75) is 18.9 Å². The molecule has 3 rings (SSSR count). The fourth-order valence-electron chi connectivity index (χ4n) is 2.47. The van der Waals surface area contributed by atoms with E-state index in [0.29, 0.717) is 41.6 Å². The number of halogens is 1. The first-order valence-corrected chi connectivity index (χ1v) is 8.94. The Morgan fingerprint density at radius 2 is 2.08 bits per heavy atom. The van der Waals surface area contributed by atoms with Crippen LogP contribution in [0.15, 0.2) is 35.7 Å². The Kier molecular flexibility index (Phi) is 5.37. The van der Waals surface area contributed by atoms with Gasteiger partial charge in [-0.1, -0.05) is 17.7 Å². The summed E-state index contributed by atoms with van der Waals surface area (Å²) in [4.78, 5) is 24.6. The number of fused-ring (bicyclic) bond motifs is 1. The lowest BCUT2D eigenvalue weighted by atomic mass is 10.1. The van der Waals surface area contributed by atoms with Gasteiger partial charge < -0.3 is 15.4 Å². The first-order chi connectivity index (χ1) is 11.6. The summed E-state index contributed by atoms with van der Waals surface area (Å²) in [5.74, 6) is 0.484. The minimum atomic E-state index is -0.515. The zero-order chi connectivity index (χ0) is 16.9. The molecular weight excluding hydrogens is 348 g/mol. The van der Waals surface area contributed by atoms with Crippen LogP contribution < -0.4 is 15.4 Å². The third kappa shape index (κ3) is 4.07. The van der Waals surface area contributed by atoms with Gasteiger partial charge in [0.05, 0.1) is 4.88 Å². The number of hydrogen-bond acceptors (Lipinski definition) is 4. The number of rotatable bonds is 6. The molecule has 126 valence electrons. The van der Waals surface area contributed by atoms with Gasteiger partial charge in [0.25, 0.3) is 11.8 Å². The molecule has 0 spiro atoms. The minimum absolute atomic E-state index is 0.0808. The van der Waals surface area contributed by atoms with Gasteiger partial charge >= 0.3 is 0 Å².